The van der Waals surface area contributed by atoms with Crippen LogP contribution in [0.25, 0.3) is 0 Å². The number of amides is 2. The molecule has 0 unspecified atom stereocenters. The molecule has 0 radical (unpaired) electrons. The first-order valence-corrected chi connectivity index (χ1v) is 8.89. The van der Waals surface area contributed by atoms with Crippen LogP contribution in [0.2, 0.25) is 0 Å². The van der Waals surface area contributed by atoms with Crippen LogP contribution in [0.4, 0.5) is 0 Å². The molecular weight excluding hydrogens is 348 g/mol. The fraction of sp³-hybridized carbons (Fsp3) is 0.400. The minimum absolute atomic E-state index is 0.00799. The highest BCUT2D eigenvalue weighted by molar-refractivity contribution is 5.89. The molecule has 2 aromatic rings. The molecule has 3 rings (SSSR count). The number of hydrogen-bond donors (Lipinski definition) is 1. The lowest BCUT2D eigenvalue weighted by Crippen LogP contribution is -2.33. The van der Waals surface area contributed by atoms with Gasteiger partial charge in [0.15, 0.2) is 11.5 Å². The number of nitrogens with one attached hydrogen (secondary N) is 1. The summed E-state index contributed by atoms with van der Waals surface area (Å²) < 4.78 is 15.7. The number of nitrogens with zero attached hydrogens (tertiary/aromatic N) is 1. The maximum Gasteiger partial charge on any atom is 0.225 e. The van der Waals surface area contributed by atoms with Crippen molar-refractivity contribution in [1.29, 1.82) is 0 Å². The van der Waals surface area contributed by atoms with Crippen molar-refractivity contribution in [2.45, 2.75) is 19.4 Å². The van der Waals surface area contributed by atoms with E-state index >= 15 is 0 Å². The maximum atomic E-state index is 12.3. The second kappa shape index (κ2) is 8.62. The summed E-state index contributed by atoms with van der Waals surface area (Å²) in [5, 5.41) is 2.83. The van der Waals surface area contributed by atoms with E-state index in [1.54, 1.807) is 37.5 Å². The van der Waals surface area contributed by atoms with Crippen molar-refractivity contribution in [2.75, 3.05) is 27.3 Å². The zero-order valence-electron chi connectivity index (χ0n) is 15.6. The Labute approximate surface area is 158 Å². The van der Waals surface area contributed by atoms with Crippen LogP contribution in [0.15, 0.2) is 41.0 Å². The average Bonchev–Trinajstić information content (AvgIpc) is 3.33. The molecule has 144 valence electrons. The van der Waals surface area contributed by atoms with Crippen molar-refractivity contribution in [2.24, 2.45) is 5.92 Å². The lowest BCUT2D eigenvalue weighted by atomic mass is 10.1. The van der Waals surface area contributed by atoms with Gasteiger partial charge in [-0.15, -0.1) is 0 Å². The molecule has 2 heterocycles. The van der Waals surface area contributed by atoms with Crippen LogP contribution in [0.5, 0.6) is 11.5 Å². The van der Waals surface area contributed by atoms with Crippen molar-refractivity contribution in [3.8, 4) is 11.5 Å². The highest BCUT2D eigenvalue weighted by atomic mass is 16.5. The van der Waals surface area contributed by atoms with Gasteiger partial charge < -0.3 is 24.1 Å². The van der Waals surface area contributed by atoms with Gasteiger partial charge in [0.05, 0.1) is 32.9 Å². The third-order valence-corrected chi connectivity index (χ3v) is 4.72. The summed E-state index contributed by atoms with van der Waals surface area (Å²) in [5.41, 5.74) is 1.05. The Morgan fingerprint density at radius 3 is 2.78 bits per heavy atom. The van der Waals surface area contributed by atoms with E-state index in [4.69, 9.17) is 13.9 Å². The van der Waals surface area contributed by atoms with E-state index in [0.29, 0.717) is 43.3 Å². The van der Waals surface area contributed by atoms with Gasteiger partial charge in [0, 0.05) is 19.5 Å². The molecular formula is C20H24N2O5. The number of hydrogen-bond acceptors (Lipinski definition) is 5. The molecule has 1 fully saturated rings. The second-order valence-electron chi connectivity index (χ2n) is 6.48. The van der Waals surface area contributed by atoms with Crippen LogP contribution >= 0.6 is 0 Å². The Bertz CT molecular complexity index is 788. The van der Waals surface area contributed by atoms with E-state index < -0.39 is 0 Å². The first-order valence-electron chi connectivity index (χ1n) is 8.89. The first kappa shape index (κ1) is 18.8. The van der Waals surface area contributed by atoms with Gasteiger partial charge in [0.25, 0.3) is 0 Å². The number of ether oxygens (including phenoxy) is 2. The summed E-state index contributed by atoms with van der Waals surface area (Å²) in [7, 11) is 3.19. The summed E-state index contributed by atoms with van der Waals surface area (Å²) >= 11 is 0. The number of carbonyl (C=O) groups is 2. The topological polar surface area (TPSA) is 81.0 Å². The lowest BCUT2D eigenvalue weighted by molar-refractivity contribution is -0.129. The SMILES string of the molecule is COc1ccc(CCN2C[C@@H](C(=O)NCc3ccco3)CC2=O)cc1OC. The molecule has 0 bridgehead atoms. The molecule has 1 saturated heterocycles. The smallest absolute Gasteiger partial charge is 0.225 e. The third-order valence-electron chi connectivity index (χ3n) is 4.72. The van der Waals surface area contributed by atoms with Crippen molar-refractivity contribution < 1.29 is 23.5 Å². The van der Waals surface area contributed by atoms with Gasteiger partial charge in [-0.1, -0.05) is 6.07 Å². The predicted molar refractivity (Wildman–Crippen MR) is 98.5 cm³/mol. The highest BCUT2D eigenvalue weighted by Gasteiger charge is 2.33. The average molecular weight is 372 g/mol. The van der Waals surface area contributed by atoms with E-state index in [2.05, 4.69) is 5.32 Å². The molecule has 1 aliphatic rings. The number of furan rings is 1. The van der Waals surface area contributed by atoms with E-state index in [1.165, 1.54) is 0 Å². The summed E-state index contributed by atoms with van der Waals surface area (Å²) in [4.78, 5) is 26.3. The van der Waals surface area contributed by atoms with Crippen LogP contribution in [0.1, 0.15) is 17.7 Å². The molecule has 1 aromatic heterocycles. The minimum atomic E-state index is -0.321. The Morgan fingerprint density at radius 1 is 1.26 bits per heavy atom. The van der Waals surface area contributed by atoms with Crippen molar-refractivity contribution in [3.05, 3.63) is 47.9 Å². The van der Waals surface area contributed by atoms with Crippen molar-refractivity contribution in [1.82, 2.24) is 10.2 Å². The normalized spacial score (nSPS) is 16.4. The van der Waals surface area contributed by atoms with Crippen LogP contribution in [-0.2, 0) is 22.6 Å². The third kappa shape index (κ3) is 4.61. The number of rotatable bonds is 8. The molecule has 0 saturated carbocycles. The number of methoxy groups -OCH3 is 2. The van der Waals surface area contributed by atoms with Crippen molar-refractivity contribution >= 4 is 11.8 Å². The van der Waals surface area contributed by atoms with Gasteiger partial charge in [-0.3, -0.25) is 9.59 Å². The summed E-state index contributed by atoms with van der Waals surface area (Å²) in [6.07, 6.45) is 2.50. The Morgan fingerprint density at radius 2 is 2.07 bits per heavy atom. The van der Waals surface area contributed by atoms with Crippen LogP contribution in [0, 0.1) is 5.92 Å². The van der Waals surface area contributed by atoms with Gasteiger partial charge in [-0.2, -0.15) is 0 Å². The molecule has 0 aliphatic carbocycles. The summed E-state index contributed by atoms with van der Waals surface area (Å²) in [5.74, 6) is 1.60. The molecule has 2 amide bonds. The fourth-order valence-corrected chi connectivity index (χ4v) is 3.20. The summed E-state index contributed by atoms with van der Waals surface area (Å²) in [6.45, 7) is 1.34. The monoisotopic (exact) mass is 372 g/mol. The molecule has 7 heteroatoms. The number of benzene rings is 1. The van der Waals surface area contributed by atoms with Crippen LogP contribution in [0.3, 0.4) is 0 Å². The Balaban J connectivity index is 1.51. The number of likely N-dealkylation sites (tertiary alicyclic amines) is 1. The van der Waals surface area contributed by atoms with E-state index in [1.807, 2.05) is 18.2 Å². The number of carbonyl (C=O) groups excluding carboxylic acids is 2. The molecule has 7 nitrogen and oxygen atoms in total. The van der Waals surface area contributed by atoms with Gasteiger partial charge in [-0.25, -0.2) is 0 Å². The standard InChI is InChI=1S/C20H24N2O5/c1-25-17-6-5-14(10-18(17)26-2)7-8-22-13-15(11-19(22)23)20(24)21-12-16-4-3-9-27-16/h3-6,9-10,15H,7-8,11-13H2,1-2H3,(H,21,24)/t15-/m0/s1. The summed E-state index contributed by atoms with van der Waals surface area (Å²) in [6, 6.07) is 9.29. The Hall–Kier alpha value is -2.96. The van der Waals surface area contributed by atoms with Crippen LogP contribution < -0.4 is 14.8 Å². The fourth-order valence-electron chi connectivity index (χ4n) is 3.20. The first-order chi connectivity index (χ1) is 13.1. The molecule has 1 aromatic carbocycles. The molecule has 0 spiro atoms. The van der Waals surface area contributed by atoms with E-state index in [-0.39, 0.29) is 24.2 Å². The molecule has 1 N–H and O–H groups in total. The molecule has 1 atom stereocenters. The quantitative estimate of drug-likeness (QED) is 0.767. The highest BCUT2D eigenvalue weighted by Crippen LogP contribution is 2.28. The van der Waals surface area contributed by atoms with Crippen molar-refractivity contribution in [3.63, 3.8) is 0 Å². The van der Waals surface area contributed by atoms with Gasteiger partial charge in [0.2, 0.25) is 11.8 Å². The molecule has 1 aliphatic heterocycles. The van der Waals surface area contributed by atoms with E-state index in [0.717, 1.165) is 5.56 Å². The predicted octanol–water partition coefficient (Wildman–Crippen LogP) is 2.00. The van der Waals surface area contributed by atoms with Gasteiger partial charge in [0.1, 0.15) is 5.76 Å². The Kier molecular flexibility index (Phi) is 6.01. The largest absolute Gasteiger partial charge is 0.493 e. The second-order valence-corrected chi connectivity index (χ2v) is 6.48. The lowest BCUT2D eigenvalue weighted by Gasteiger charge is -2.17. The van der Waals surface area contributed by atoms with Crippen LogP contribution in [-0.4, -0.2) is 44.0 Å². The van der Waals surface area contributed by atoms with E-state index in [9.17, 15) is 9.59 Å². The maximum absolute atomic E-state index is 12.3. The molecule has 27 heavy (non-hydrogen) atoms. The zero-order valence-corrected chi connectivity index (χ0v) is 15.6. The van der Waals surface area contributed by atoms with Gasteiger partial charge in [-0.05, 0) is 36.2 Å². The van der Waals surface area contributed by atoms with Gasteiger partial charge >= 0.3 is 0 Å². The zero-order chi connectivity index (χ0) is 19.2. The minimum Gasteiger partial charge on any atom is -0.493 e.